The van der Waals surface area contributed by atoms with Crippen LogP contribution in [-0.2, 0) is 16.0 Å². The summed E-state index contributed by atoms with van der Waals surface area (Å²) in [5.74, 6) is 0.822. The standard InChI is InChI=1S/C21H28N2O3/c1-4-18-17(16-7-5-6-8-19(16)26-18)9-10-20(24)22-15-21(2,3)23-11-13-25-14-12-23/h5-10H,4,11-15H2,1-3H3,(H,22,24)/b10-9+. The van der Waals surface area contributed by atoms with E-state index in [4.69, 9.17) is 9.15 Å². The lowest BCUT2D eigenvalue weighted by molar-refractivity contribution is -0.117. The van der Waals surface area contributed by atoms with E-state index in [1.165, 1.54) is 0 Å². The number of carbonyl (C=O) groups excluding carboxylic acids is 1. The summed E-state index contributed by atoms with van der Waals surface area (Å²) >= 11 is 0. The van der Waals surface area contributed by atoms with Crippen LogP contribution in [0.2, 0.25) is 0 Å². The van der Waals surface area contributed by atoms with Crippen molar-refractivity contribution in [3.8, 4) is 0 Å². The van der Waals surface area contributed by atoms with E-state index in [-0.39, 0.29) is 11.4 Å². The van der Waals surface area contributed by atoms with E-state index >= 15 is 0 Å². The minimum Gasteiger partial charge on any atom is -0.460 e. The van der Waals surface area contributed by atoms with Crippen molar-refractivity contribution in [2.24, 2.45) is 0 Å². The molecule has 2 aromatic rings. The number of nitrogens with one attached hydrogen (secondary N) is 1. The number of benzene rings is 1. The zero-order valence-electron chi connectivity index (χ0n) is 15.9. The van der Waals surface area contributed by atoms with E-state index in [9.17, 15) is 4.79 Å². The smallest absolute Gasteiger partial charge is 0.244 e. The van der Waals surface area contributed by atoms with Gasteiger partial charge in [-0.15, -0.1) is 0 Å². The lowest BCUT2D eigenvalue weighted by Gasteiger charge is -2.40. The van der Waals surface area contributed by atoms with Crippen LogP contribution in [-0.4, -0.2) is 49.2 Å². The van der Waals surface area contributed by atoms with Gasteiger partial charge in [0.1, 0.15) is 11.3 Å². The first-order chi connectivity index (χ1) is 12.5. The first-order valence-corrected chi connectivity index (χ1v) is 9.30. The average Bonchev–Trinajstić information content (AvgIpc) is 3.03. The number of hydrogen-bond acceptors (Lipinski definition) is 4. The van der Waals surface area contributed by atoms with Crippen LogP contribution in [0.25, 0.3) is 17.0 Å². The van der Waals surface area contributed by atoms with E-state index in [0.717, 1.165) is 55.0 Å². The molecule has 1 aromatic heterocycles. The Hall–Kier alpha value is -2.11. The first-order valence-electron chi connectivity index (χ1n) is 9.30. The zero-order valence-corrected chi connectivity index (χ0v) is 15.9. The number of para-hydroxylation sites is 1. The summed E-state index contributed by atoms with van der Waals surface area (Å²) in [6, 6.07) is 7.92. The molecule has 1 N–H and O–H groups in total. The number of morpholine rings is 1. The molecule has 26 heavy (non-hydrogen) atoms. The van der Waals surface area contributed by atoms with Crippen LogP contribution in [0.1, 0.15) is 32.1 Å². The number of amides is 1. The van der Waals surface area contributed by atoms with Crippen molar-refractivity contribution in [2.45, 2.75) is 32.7 Å². The highest BCUT2D eigenvalue weighted by Crippen LogP contribution is 2.27. The molecule has 5 heteroatoms. The highest BCUT2D eigenvalue weighted by Gasteiger charge is 2.28. The second kappa shape index (κ2) is 8.06. The van der Waals surface area contributed by atoms with Crippen LogP contribution in [0.3, 0.4) is 0 Å². The van der Waals surface area contributed by atoms with Gasteiger partial charge in [0.15, 0.2) is 0 Å². The third kappa shape index (κ3) is 4.17. The Morgan fingerprint density at radius 3 is 2.73 bits per heavy atom. The van der Waals surface area contributed by atoms with Crippen molar-refractivity contribution in [3.63, 3.8) is 0 Å². The number of fused-ring (bicyclic) bond motifs is 1. The van der Waals surface area contributed by atoms with Crippen molar-refractivity contribution < 1.29 is 13.9 Å². The number of furan rings is 1. The molecular formula is C21H28N2O3. The Kier molecular flexibility index (Phi) is 5.79. The van der Waals surface area contributed by atoms with Gasteiger partial charge in [-0.25, -0.2) is 0 Å². The van der Waals surface area contributed by atoms with Gasteiger partial charge in [0, 0.05) is 48.6 Å². The molecule has 0 saturated carbocycles. The number of hydrogen-bond donors (Lipinski definition) is 1. The molecule has 0 spiro atoms. The van der Waals surface area contributed by atoms with Gasteiger partial charge in [-0.3, -0.25) is 9.69 Å². The van der Waals surface area contributed by atoms with Gasteiger partial charge >= 0.3 is 0 Å². The van der Waals surface area contributed by atoms with E-state index in [0.29, 0.717) is 6.54 Å². The van der Waals surface area contributed by atoms with Crippen LogP contribution in [0.5, 0.6) is 0 Å². The topological polar surface area (TPSA) is 54.7 Å². The fourth-order valence-corrected chi connectivity index (χ4v) is 3.36. The Morgan fingerprint density at radius 2 is 2.00 bits per heavy atom. The maximum atomic E-state index is 12.3. The Bertz CT molecular complexity index is 786. The van der Waals surface area contributed by atoms with Gasteiger partial charge in [-0.05, 0) is 26.0 Å². The molecule has 0 bridgehead atoms. The minimum absolute atomic E-state index is 0.0846. The monoisotopic (exact) mass is 356 g/mol. The number of ether oxygens (including phenoxy) is 1. The molecule has 1 aliphatic rings. The fourth-order valence-electron chi connectivity index (χ4n) is 3.36. The third-order valence-corrected chi connectivity index (χ3v) is 5.00. The van der Waals surface area contributed by atoms with Crippen molar-refractivity contribution in [3.05, 3.63) is 41.7 Å². The first kappa shape index (κ1) is 18.7. The van der Waals surface area contributed by atoms with Gasteiger partial charge < -0.3 is 14.5 Å². The van der Waals surface area contributed by atoms with Crippen LogP contribution in [0, 0.1) is 0 Å². The van der Waals surface area contributed by atoms with E-state index in [1.54, 1.807) is 6.08 Å². The Labute approximate surface area is 155 Å². The van der Waals surface area contributed by atoms with Crippen molar-refractivity contribution in [1.29, 1.82) is 0 Å². The third-order valence-electron chi connectivity index (χ3n) is 5.00. The van der Waals surface area contributed by atoms with E-state index < -0.39 is 0 Å². The zero-order chi connectivity index (χ0) is 18.6. The molecular weight excluding hydrogens is 328 g/mol. The lowest BCUT2D eigenvalue weighted by atomic mass is 10.0. The molecule has 140 valence electrons. The van der Waals surface area contributed by atoms with Crippen LogP contribution < -0.4 is 5.32 Å². The predicted octanol–water partition coefficient (Wildman–Crippen LogP) is 3.24. The second-order valence-electron chi connectivity index (χ2n) is 7.25. The average molecular weight is 356 g/mol. The van der Waals surface area contributed by atoms with Gasteiger partial charge in [-0.2, -0.15) is 0 Å². The molecule has 0 atom stereocenters. The van der Waals surface area contributed by atoms with Crippen LogP contribution in [0.4, 0.5) is 0 Å². The minimum atomic E-state index is -0.0931. The molecule has 1 aromatic carbocycles. The van der Waals surface area contributed by atoms with E-state index in [2.05, 4.69) is 31.0 Å². The SMILES string of the molecule is CCc1oc2ccccc2c1/C=C/C(=O)NCC(C)(C)N1CCOCC1. The van der Waals surface area contributed by atoms with Crippen LogP contribution >= 0.6 is 0 Å². The molecule has 5 nitrogen and oxygen atoms in total. The van der Waals surface area contributed by atoms with Gasteiger partial charge in [0.2, 0.25) is 5.91 Å². The molecule has 1 aliphatic heterocycles. The van der Waals surface area contributed by atoms with Crippen molar-refractivity contribution in [1.82, 2.24) is 10.2 Å². The maximum Gasteiger partial charge on any atom is 0.244 e. The van der Waals surface area contributed by atoms with Crippen molar-refractivity contribution in [2.75, 3.05) is 32.8 Å². The lowest BCUT2D eigenvalue weighted by Crippen LogP contribution is -2.55. The largest absolute Gasteiger partial charge is 0.460 e. The van der Waals surface area contributed by atoms with Gasteiger partial charge in [0.25, 0.3) is 0 Å². The quantitative estimate of drug-likeness (QED) is 0.808. The highest BCUT2D eigenvalue weighted by molar-refractivity contribution is 5.96. The van der Waals surface area contributed by atoms with Crippen LogP contribution in [0.15, 0.2) is 34.8 Å². The number of rotatable bonds is 6. The number of nitrogens with zero attached hydrogens (tertiary/aromatic N) is 1. The molecule has 2 heterocycles. The Morgan fingerprint density at radius 1 is 1.27 bits per heavy atom. The van der Waals surface area contributed by atoms with Gasteiger partial charge in [0.05, 0.1) is 13.2 Å². The summed E-state index contributed by atoms with van der Waals surface area (Å²) in [7, 11) is 0. The summed E-state index contributed by atoms with van der Waals surface area (Å²) in [6.07, 6.45) is 4.26. The molecule has 1 saturated heterocycles. The summed E-state index contributed by atoms with van der Waals surface area (Å²) in [4.78, 5) is 14.7. The summed E-state index contributed by atoms with van der Waals surface area (Å²) in [6.45, 7) is 10.3. The summed E-state index contributed by atoms with van der Waals surface area (Å²) < 4.78 is 11.3. The summed E-state index contributed by atoms with van der Waals surface area (Å²) in [5, 5.41) is 4.07. The molecule has 0 radical (unpaired) electrons. The highest BCUT2D eigenvalue weighted by atomic mass is 16.5. The fraction of sp³-hybridized carbons (Fsp3) is 0.476. The summed E-state index contributed by atoms with van der Waals surface area (Å²) in [5.41, 5.74) is 1.76. The van der Waals surface area contributed by atoms with Crippen molar-refractivity contribution >= 4 is 23.0 Å². The predicted molar refractivity (Wildman–Crippen MR) is 104 cm³/mol. The maximum absolute atomic E-state index is 12.3. The number of carbonyl (C=O) groups is 1. The Balaban J connectivity index is 1.65. The second-order valence-corrected chi connectivity index (χ2v) is 7.25. The number of aryl methyl sites for hydroxylation is 1. The van der Waals surface area contributed by atoms with E-state index in [1.807, 2.05) is 30.3 Å². The molecule has 0 aliphatic carbocycles. The normalized spacial score (nSPS) is 16.4. The molecule has 0 unspecified atom stereocenters. The molecule has 1 amide bonds. The van der Waals surface area contributed by atoms with Gasteiger partial charge in [-0.1, -0.05) is 25.1 Å². The molecule has 1 fully saturated rings. The molecule has 3 rings (SSSR count).